The Labute approximate surface area is 326 Å². The van der Waals surface area contributed by atoms with E-state index in [-0.39, 0.29) is 0 Å². The molecule has 0 aliphatic rings. The van der Waals surface area contributed by atoms with Gasteiger partial charge < -0.3 is 18.0 Å². The van der Waals surface area contributed by atoms with Crippen molar-refractivity contribution in [3.8, 4) is 22.5 Å². The zero-order valence-corrected chi connectivity index (χ0v) is 30.3. The fraction of sp³-hybridized carbons (Fsp3) is 0.0200. The average molecular weight is 758 g/mol. The molecule has 0 saturated heterocycles. The van der Waals surface area contributed by atoms with Crippen molar-refractivity contribution in [2.24, 2.45) is 0 Å². The summed E-state index contributed by atoms with van der Waals surface area (Å²) in [4.78, 5) is 3.80. The third-order valence-corrected chi connectivity index (χ3v) is 11.6. The molecular weight excluding hydrogens is 732 g/mol. The van der Waals surface area contributed by atoms with E-state index in [1.165, 1.54) is 6.07 Å². The Hall–Kier alpha value is -7.76. The molecule has 58 heavy (non-hydrogen) atoms. The second-order valence-corrected chi connectivity index (χ2v) is 14.6. The SMILES string of the molecule is [C-]#[N+]c1ccc(-c2cc(C(F)(F)F)ccc2-n2c3ccccc3c3c4oc5ccccc5c4ccc32)c(-n2c3ccccc3c3c4oc5ccccc5c4ccc32)c1. The molecule has 0 amide bonds. The molecule has 0 saturated carbocycles. The Balaban J connectivity index is 1.21. The second-order valence-electron chi connectivity index (χ2n) is 14.6. The predicted molar refractivity (Wildman–Crippen MR) is 226 cm³/mol. The number of halogens is 3. The first kappa shape index (κ1) is 32.5. The first-order valence-electron chi connectivity index (χ1n) is 18.8. The highest BCUT2D eigenvalue weighted by Crippen LogP contribution is 2.47. The lowest BCUT2D eigenvalue weighted by Gasteiger charge is -2.20. The highest BCUT2D eigenvalue weighted by atomic mass is 19.4. The Morgan fingerprint density at radius 3 is 1.52 bits per heavy atom. The highest BCUT2D eigenvalue weighted by molar-refractivity contribution is 6.25. The summed E-state index contributed by atoms with van der Waals surface area (Å²) < 4.78 is 61.6. The van der Waals surface area contributed by atoms with Gasteiger partial charge >= 0.3 is 6.18 Å². The molecule has 4 heterocycles. The maximum absolute atomic E-state index is 14.8. The summed E-state index contributed by atoms with van der Waals surface area (Å²) in [6.07, 6.45) is -4.62. The molecule has 0 radical (unpaired) electrons. The first-order valence-corrected chi connectivity index (χ1v) is 18.8. The van der Waals surface area contributed by atoms with Gasteiger partial charge in [-0.2, -0.15) is 13.2 Å². The minimum Gasteiger partial charge on any atom is -0.455 e. The molecular formula is C50H26F3N3O2. The molecule has 0 fully saturated rings. The fourth-order valence-electron chi connectivity index (χ4n) is 9.11. The normalized spacial score (nSPS) is 12.4. The van der Waals surface area contributed by atoms with Crippen molar-refractivity contribution in [1.82, 2.24) is 9.13 Å². The zero-order valence-electron chi connectivity index (χ0n) is 30.3. The number of furan rings is 2. The summed E-state index contributed by atoms with van der Waals surface area (Å²) in [6, 6.07) is 48.9. The minimum atomic E-state index is -4.62. The molecule has 12 aromatic rings. The number of aromatic nitrogens is 2. The summed E-state index contributed by atoms with van der Waals surface area (Å²) in [6.45, 7) is 8.03. The standard InChI is InChI=1S/C50H26F3N3O2/c1-54-29-19-20-30(43(27-29)56-39-15-7-3-13-36(39)47-42(56)25-22-34-32-11-5-9-17-45(32)58-49(34)47)37-26-28(50(51,52)53)18-23-40(37)55-38-14-6-2-12-35(38)46-41(55)24-21-33-31-10-4-8-16-44(31)57-48(33)46/h2-27H. The molecule has 0 N–H and O–H groups in total. The van der Waals surface area contributed by atoms with Gasteiger partial charge in [0, 0.05) is 49.1 Å². The van der Waals surface area contributed by atoms with Crippen LogP contribution in [0.25, 0.3) is 115 Å². The van der Waals surface area contributed by atoms with Crippen LogP contribution in [0.2, 0.25) is 0 Å². The lowest BCUT2D eigenvalue weighted by molar-refractivity contribution is -0.137. The monoisotopic (exact) mass is 757 g/mol. The molecule has 0 atom stereocenters. The zero-order chi connectivity index (χ0) is 38.9. The molecule has 8 heteroatoms. The van der Waals surface area contributed by atoms with Crippen molar-refractivity contribution < 1.29 is 22.0 Å². The van der Waals surface area contributed by atoms with Gasteiger partial charge in [-0.05, 0) is 72.8 Å². The van der Waals surface area contributed by atoms with Crippen molar-refractivity contribution in [2.75, 3.05) is 0 Å². The molecule has 0 unspecified atom stereocenters. The molecule has 12 rings (SSSR count). The molecule has 274 valence electrons. The van der Waals surface area contributed by atoms with E-state index in [0.29, 0.717) is 33.8 Å². The van der Waals surface area contributed by atoms with Gasteiger partial charge in [-0.3, -0.25) is 0 Å². The molecule has 4 aromatic heterocycles. The number of nitrogens with zero attached hydrogens (tertiary/aromatic N) is 3. The van der Waals surface area contributed by atoms with Crippen molar-refractivity contribution in [3.05, 3.63) is 175 Å². The number of fused-ring (bicyclic) bond motifs is 14. The first-order chi connectivity index (χ1) is 28.4. The maximum atomic E-state index is 14.8. The Morgan fingerprint density at radius 2 is 0.966 bits per heavy atom. The van der Waals surface area contributed by atoms with E-state index in [9.17, 15) is 13.2 Å². The van der Waals surface area contributed by atoms with Gasteiger partial charge in [0.05, 0.1) is 50.7 Å². The van der Waals surface area contributed by atoms with E-state index < -0.39 is 11.7 Å². The van der Waals surface area contributed by atoms with Gasteiger partial charge in [0.1, 0.15) is 22.3 Å². The highest BCUT2D eigenvalue weighted by Gasteiger charge is 2.33. The Bertz CT molecular complexity index is 3760. The van der Waals surface area contributed by atoms with Crippen LogP contribution >= 0.6 is 0 Å². The van der Waals surface area contributed by atoms with Crippen LogP contribution in [0.15, 0.2) is 167 Å². The van der Waals surface area contributed by atoms with Crippen LogP contribution in [-0.4, -0.2) is 9.13 Å². The van der Waals surface area contributed by atoms with E-state index in [4.69, 9.17) is 15.4 Å². The van der Waals surface area contributed by atoms with Crippen LogP contribution in [0.5, 0.6) is 0 Å². The smallest absolute Gasteiger partial charge is 0.416 e. The van der Waals surface area contributed by atoms with Gasteiger partial charge in [0.15, 0.2) is 5.69 Å². The number of hydrogen-bond donors (Lipinski definition) is 0. The van der Waals surface area contributed by atoms with E-state index in [1.54, 1.807) is 24.3 Å². The quantitative estimate of drug-likeness (QED) is 0.168. The number of alkyl halides is 3. The van der Waals surface area contributed by atoms with Gasteiger partial charge in [-0.1, -0.05) is 84.9 Å². The minimum absolute atomic E-state index is 0.351. The third kappa shape index (κ3) is 4.41. The predicted octanol–water partition coefficient (Wildman–Crippen LogP) is 14.9. The molecule has 0 spiro atoms. The molecule has 0 aliphatic carbocycles. The van der Waals surface area contributed by atoms with Crippen molar-refractivity contribution in [2.45, 2.75) is 6.18 Å². The van der Waals surface area contributed by atoms with Crippen LogP contribution in [-0.2, 0) is 6.18 Å². The van der Waals surface area contributed by atoms with Crippen molar-refractivity contribution in [1.29, 1.82) is 0 Å². The number of hydrogen-bond acceptors (Lipinski definition) is 2. The Morgan fingerprint density at radius 1 is 0.448 bits per heavy atom. The van der Waals surface area contributed by atoms with E-state index in [2.05, 4.69) is 9.41 Å². The summed E-state index contributed by atoms with van der Waals surface area (Å²) in [5.74, 6) is 0. The third-order valence-electron chi connectivity index (χ3n) is 11.6. The molecule has 8 aromatic carbocycles. The largest absolute Gasteiger partial charge is 0.455 e. The number of para-hydroxylation sites is 4. The van der Waals surface area contributed by atoms with E-state index in [1.807, 2.05) is 126 Å². The summed E-state index contributed by atoms with van der Waals surface area (Å²) in [5, 5.41) is 7.48. The van der Waals surface area contributed by atoms with E-state index >= 15 is 0 Å². The van der Waals surface area contributed by atoms with E-state index in [0.717, 1.165) is 88.0 Å². The average Bonchev–Trinajstić information content (AvgIpc) is 4.00. The van der Waals surface area contributed by atoms with Gasteiger partial charge in [-0.25, -0.2) is 4.85 Å². The summed E-state index contributed by atoms with van der Waals surface area (Å²) in [7, 11) is 0. The van der Waals surface area contributed by atoms with Gasteiger partial charge in [0.25, 0.3) is 0 Å². The molecule has 5 nitrogen and oxygen atoms in total. The molecule has 0 aliphatic heterocycles. The van der Waals surface area contributed by atoms with Crippen LogP contribution in [0.4, 0.5) is 18.9 Å². The van der Waals surface area contributed by atoms with Gasteiger partial charge in [-0.15, -0.1) is 0 Å². The van der Waals surface area contributed by atoms with Crippen molar-refractivity contribution >= 4 is 93.2 Å². The number of benzene rings is 8. The van der Waals surface area contributed by atoms with Crippen LogP contribution in [0, 0.1) is 6.57 Å². The lowest BCUT2D eigenvalue weighted by Crippen LogP contribution is -2.08. The molecule has 0 bridgehead atoms. The van der Waals surface area contributed by atoms with Crippen molar-refractivity contribution in [3.63, 3.8) is 0 Å². The second kappa shape index (κ2) is 11.6. The number of rotatable bonds is 3. The van der Waals surface area contributed by atoms with Crippen LogP contribution < -0.4 is 0 Å². The van der Waals surface area contributed by atoms with Crippen LogP contribution in [0.1, 0.15) is 5.56 Å². The summed E-state index contributed by atoms with van der Waals surface area (Å²) >= 11 is 0. The topological polar surface area (TPSA) is 40.5 Å². The maximum Gasteiger partial charge on any atom is 0.416 e. The fourth-order valence-corrected chi connectivity index (χ4v) is 9.11. The van der Waals surface area contributed by atoms with Gasteiger partial charge in [0.2, 0.25) is 0 Å². The lowest BCUT2D eigenvalue weighted by atomic mass is 9.97. The summed E-state index contributed by atoms with van der Waals surface area (Å²) in [5.41, 5.74) is 7.75. The van der Waals surface area contributed by atoms with Crippen LogP contribution in [0.3, 0.4) is 0 Å². The Kier molecular flexibility index (Phi) is 6.52.